The number of carbonyl (C=O) groups is 3. The van der Waals surface area contributed by atoms with E-state index in [4.69, 9.17) is 5.11 Å². The molecule has 1 fully saturated rings. The first-order chi connectivity index (χ1) is 14.5. The van der Waals surface area contributed by atoms with Gasteiger partial charge in [-0.15, -0.1) is 0 Å². The number of hydrogen-bond donors (Lipinski definition) is 3. The molecule has 30 heavy (non-hydrogen) atoms. The Kier molecular flexibility index (Phi) is 9.82. The molecule has 0 unspecified atom stereocenters. The van der Waals surface area contributed by atoms with Gasteiger partial charge in [0.25, 0.3) is 0 Å². The number of nitrogens with one attached hydrogen (secondary N) is 2. The molecule has 7 nitrogen and oxygen atoms in total. The molecule has 1 aliphatic heterocycles. The average Bonchev–Trinajstić information content (AvgIpc) is 3.02. The van der Waals surface area contributed by atoms with E-state index in [1.165, 1.54) is 0 Å². The van der Waals surface area contributed by atoms with Gasteiger partial charge >= 0.3 is 0 Å². The Labute approximate surface area is 180 Å². The fraction of sp³-hybridized carbons (Fsp3) is 0.783. The predicted octanol–water partition coefficient (Wildman–Crippen LogP) is 1.86. The van der Waals surface area contributed by atoms with Crippen molar-refractivity contribution in [3.05, 3.63) is 12.2 Å². The van der Waals surface area contributed by atoms with E-state index in [1.54, 1.807) is 11.9 Å². The molecule has 170 valence electrons. The molecule has 0 bridgehead atoms. The monoisotopic (exact) mass is 421 g/mol. The Bertz CT molecular complexity index is 622. The summed E-state index contributed by atoms with van der Waals surface area (Å²) in [7, 11) is 1.60. The van der Waals surface area contributed by atoms with Crippen LogP contribution in [0.2, 0.25) is 0 Å². The second kappa shape index (κ2) is 12.1. The van der Waals surface area contributed by atoms with Crippen LogP contribution < -0.4 is 10.6 Å². The van der Waals surface area contributed by atoms with Crippen molar-refractivity contribution in [1.82, 2.24) is 15.5 Å². The summed E-state index contributed by atoms with van der Waals surface area (Å²) >= 11 is 0. The van der Waals surface area contributed by atoms with Gasteiger partial charge in [-0.1, -0.05) is 51.7 Å². The minimum Gasteiger partial charge on any atom is -0.396 e. The highest BCUT2D eigenvalue weighted by Crippen LogP contribution is 2.44. The molecular formula is C23H39N3O4. The van der Waals surface area contributed by atoms with Crippen molar-refractivity contribution in [2.45, 2.75) is 64.8 Å². The number of aliphatic hydroxyl groups excluding tert-OH is 1. The Morgan fingerprint density at radius 2 is 1.80 bits per heavy atom. The summed E-state index contributed by atoms with van der Waals surface area (Å²) in [4.78, 5) is 40.8. The van der Waals surface area contributed by atoms with Gasteiger partial charge in [-0.05, 0) is 25.2 Å². The molecule has 0 radical (unpaired) electrons. The lowest BCUT2D eigenvalue weighted by Gasteiger charge is -2.32. The van der Waals surface area contributed by atoms with Gasteiger partial charge in [0.15, 0.2) is 0 Å². The molecular weight excluding hydrogens is 382 g/mol. The van der Waals surface area contributed by atoms with Crippen molar-refractivity contribution in [3.63, 3.8) is 0 Å². The first-order valence-electron chi connectivity index (χ1n) is 11.6. The van der Waals surface area contributed by atoms with E-state index in [1.807, 2.05) is 19.1 Å². The lowest BCUT2D eigenvalue weighted by Crippen LogP contribution is -2.47. The number of unbranched alkanes of at least 4 members (excludes halogenated alkanes) is 5. The van der Waals surface area contributed by atoms with E-state index >= 15 is 0 Å². The van der Waals surface area contributed by atoms with Crippen molar-refractivity contribution in [1.29, 1.82) is 0 Å². The van der Waals surface area contributed by atoms with Crippen LogP contribution in [-0.4, -0.2) is 60.5 Å². The van der Waals surface area contributed by atoms with Crippen LogP contribution >= 0.6 is 0 Å². The molecule has 2 rings (SSSR count). The molecule has 7 heteroatoms. The Morgan fingerprint density at radius 1 is 1.07 bits per heavy atom. The predicted molar refractivity (Wildman–Crippen MR) is 116 cm³/mol. The Balaban J connectivity index is 2.19. The second-order valence-corrected chi connectivity index (χ2v) is 8.60. The maximum atomic E-state index is 13.4. The topological polar surface area (TPSA) is 98.7 Å². The average molecular weight is 422 g/mol. The minimum atomic E-state index is -0.558. The third-order valence-electron chi connectivity index (χ3n) is 6.48. The molecule has 0 aromatic rings. The van der Waals surface area contributed by atoms with Gasteiger partial charge in [0.05, 0.1) is 11.8 Å². The fourth-order valence-electron chi connectivity index (χ4n) is 4.84. The number of allylic oxidation sites excluding steroid dienone is 1. The number of likely N-dealkylation sites (tertiary alicyclic amines) is 1. The lowest BCUT2D eigenvalue weighted by molar-refractivity contribution is -0.140. The van der Waals surface area contributed by atoms with Crippen molar-refractivity contribution in [2.75, 3.05) is 26.7 Å². The zero-order valence-electron chi connectivity index (χ0n) is 18.7. The van der Waals surface area contributed by atoms with Gasteiger partial charge in [-0.25, -0.2) is 0 Å². The van der Waals surface area contributed by atoms with Crippen LogP contribution in [-0.2, 0) is 14.4 Å². The zero-order valence-corrected chi connectivity index (χ0v) is 18.7. The molecule has 5 atom stereocenters. The maximum Gasteiger partial charge on any atom is 0.243 e. The van der Waals surface area contributed by atoms with E-state index in [-0.39, 0.29) is 36.2 Å². The van der Waals surface area contributed by atoms with E-state index < -0.39 is 17.9 Å². The van der Waals surface area contributed by atoms with Gasteiger partial charge in [0, 0.05) is 32.7 Å². The molecule has 3 N–H and O–H groups in total. The third kappa shape index (κ3) is 5.62. The SMILES string of the molecule is CCCCCNC(=O)[C@@H]1[C@H]2C=C[C@@H](C)[C@@H](C(=O)NC)[C@@H]2C(=O)N1CCCCCCO. The lowest BCUT2D eigenvalue weighted by atomic mass is 9.70. The summed E-state index contributed by atoms with van der Waals surface area (Å²) in [5, 5.41) is 14.7. The van der Waals surface area contributed by atoms with Gasteiger partial charge in [0.2, 0.25) is 17.7 Å². The summed E-state index contributed by atoms with van der Waals surface area (Å²) in [6.45, 7) is 5.36. The number of fused-ring (bicyclic) bond motifs is 1. The first kappa shape index (κ1) is 24.4. The maximum absolute atomic E-state index is 13.4. The number of amides is 3. The van der Waals surface area contributed by atoms with Crippen LogP contribution in [0.4, 0.5) is 0 Å². The van der Waals surface area contributed by atoms with Gasteiger partial charge in [-0.3, -0.25) is 14.4 Å². The highest BCUT2D eigenvalue weighted by atomic mass is 16.3. The van der Waals surface area contributed by atoms with Crippen LogP contribution in [0.1, 0.15) is 58.8 Å². The van der Waals surface area contributed by atoms with Crippen LogP contribution in [0.15, 0.2) is 12.2 Å². The summed E-state index contributed by atoms with van der Waals surface area (Å²) in [5.41, 5.74) is 0. The molecule has 1 heterocycles. The molecule has 0 saturated carbocycles. The normalized spacial score (nSPS) is 27.8. The summed E-state index contributed by atoms with van der Waals surface area (Å²) in [6, 6.07) is -0.558. The van der Waals surface area contributed by atoms with E-state index in [2.05, 4.69) is 17.6 Å². The number of hydrogen-bond acceptors (Lipinski definition) is 4. The quantitative estimate of drug-likeness (QED) is 0.331. The highest BCUT2D eigenvalue weighted by molar-refractivity contribution is 5.96. The van der Waals surface area contributed by atoms with Crippen molar-refractivity contribution in [2.24, 2.45) is 23.7 Å². The van der Waals surface area contributed by atoms with Crippen LogP contribution in [0.25, 0.3) is 0 Å². The van der Waals surface area contributed by atoms with Crippen molar-refractivity contribution < 1.29 is 19.5 Å². The van der Waals surface area contributed by atoms with Crippen LogP contribution in [0.3, 0.4) is 0 Å². The zero-order chi connectivity index (χ0) is 22.1. The van der Waals surface area contributed by atoms with Crippen LogP contribution in [0, 0.1) is 23.7 Å². The first-order valence-corrected chi connectivity index (χ1v) is 11.6. The fourth-order valence-corrected chi connectivity index (χ4v) is 4.84. The molecule has 3 amide bonds. The Hall–Kier alpha value is -1.89. The minimum absolute atomic E-state index is 0.0482. The number of carbonyl (C=O) groups excluding carboxylic acids is 3. The highest BCUT2D eigenvalue weighted by Gasteiger charge is 2.56. The molecule has 0 aromatic carbocycles. The van der Waals surface area contributed by atoms with E-state index in [0.29, 0.717) is 13.1 Å². The van der Waals surface area contributed by atoms with E-state index in [9.17, 15) is 14.4 Å². The van der Waals surface area contributed by atoms with Gasteiger partial charge in [-0.2, -0.15) is 0 Å². The van der Waals surface area contributed by atoms with Gasteiger partial charge < -0.3 is 20.6 Å². The summed E-state index contributed by atoms with van der Waals surface area (Å²) < 4.78 is 0. The molecule has 0 aromatic heterocycles. The molecule has 1 saturated heterocycles. The largest absolute Gasteiger partial charge is 0.396 e. The van der Waals surface area contributed by atoms with Crippen molar-refractivity contribution in [3.8, 4) is 0 Å². The molecule has 0 spiro atoms. The van der Waals surface area contributed by atoms with Gasteiger partial charge in [0.1, 0.15) is 6.04 Å². The molecule has 2 aliphatic rings. The standard InChI is InChI=1S/C23H39N3O4/c1-4-5-8-13-25-22(29)20-17-12-11-16(2)18(21(28)24-3)19(17)23(30)26(20)14-9-6-7-10-15-27/h11-12,16-20,27H,4-10,13-15H2,1-3H3,(H,24,28)(H,25,29)/t16-,17+,18-,19-,20+/m1/s1. The molecule has 1 aliphatic carbocycles. The summed E-state index contributed by atoms with van der Waals surface area (Å²) in [5.74, 6) is -1.60. The van der Waals surface area contributed by atoms with Crippen LogP contribution in [0.5, 0.6) is 0 Å². The van der Waals surface area contributed by atoms with Crippen molar-refractivity contribution >= 4 is 17.7 Å². The number of nitrogens with zero attached hydrogens (tertiary/aromatic N) is 1. The third-order valence-corrected chi connectivity index (χ3v) is 6.48. The number of rotatable bonds is 12. The smallest absolute Gasteiger partial charge is 0.243 e. The second-order valence-electron chi connectivity index (χ2n) is 8.60. The van der Waals surface area contributed by atoms with E-state index in [0.717, 1.165) is 44.9 Å². The Morgan fingerprint density at radius 3 is 2.47 bits per heavy atom. The number of aliphatic hydroxyl groups is 1. The summed E-state index contributed by atoms with van der Waals surface area (Å²) in [6.07, 6.45) is 10.4.